The van der Waals surface area contributed by atoms with Crippen molar-refractivity contribution in [1.29, 1.82) is 0 Å². The van der Waals surface area contributed by atoms with Crippen LogP contribution in [0.15, 0.2) is 22.5 Å². The van der Waals surface area contributed by atoms with Crippen LogP contribution >= 0.6 is 11.3 Å². The van der Waals surface area contributed by atoms with Gasteiger partial charge in [0.05, 0.1) is 11.9 Å². The molecule has 2 N–H and O–H groups in total. The summed E-state index contributed by atoms with van der Waals surface area (Å²) in [7, 11) is 0. The Kier molecular flexibility index (Phi) is 4.60. The normalized spacial score (nSPS) is 20.4. The monoisotopic (exact) mass is 250 g/mol. The van der Waals surface area contributed by atoms with E-state index in [0.717, 1.165) is 12.3 Å². The van der Waals surface area contributed by atoms with Crippen LogP contribution < -0.4 is 5.73 Å². The topological polar surface area (TPSA) is 38.4 Å². The zero-order valence-corrected chi connectivity index (χ0v) is 11.4. The number of hydrogen-bond acceptors (Lipinski definition) is 2. The maximum atomic E-state index is 6.13. The highest BCUT2D eigenvalue weighted by Crippen LogP contribution is 2.24. The molecule has 2 nitrogen and oxygen atoms in total. The molecule has 1 fully saturated rings. The predicted molar refractivity (Wildman–Crippen MR) is 75.7 cm³/mol. The van der Waals surface area contributed by atoms with Crippen LogP contribution in [0.2, 0.25) is 0 Å². The standard InChI is InChI=1S/C14H22N2S/c1-11(10-13-8-5-9-17-13)16-14(15)12-6-3-2-4-7-12/h5,8-9,11-12H,2-4,6-7,10H2,1H3,(H2,15,16). The van der Waals surface area contributed by atoms with Crippen molar-refractivity contribution in [3.8, 4) is 0 Å². The number of rotatable bonds is 4. The van der Waals surface area contributed by atoms with Gasteiger partial charge in [-0.3, -0.25) is 4.99 Å². The minimum atomic E-state index is 0.315. The van der Waals surface area contributed by atoms with E-state index < -0.39 is 0 Å². The van der Waals surface area contributed by atoms with Crippen molar-refractivity contribution in [1.82, 2.24) is 0 Å². The average molecular weight is 250 g/mol. The Morgan fingerprint density at radius 3 is 2.88 bits per heavy atom. The summed E-state index contributed by atoms with van der Waals surface area (Å²) in [6.07, 6.45) is 7.50. The molecule has 17 heavy (non-hydrogen) atoms. The van der Waals surface area contributed by atoms with E-state index in [1.165, 1.54) is 37.0 Å². The highest BCUT2D eigenvalue weighted by molar-refractivity contribution is 7.09. The molecule has 1 heterocycles. The molecule has 1 aliphatic carbocycles. The molecule has 0 bridgehead atoms. The van der Waals surface area contributed by atoms with Crippen molar-refractivity contribution >= 4 is 17.2 Å². The zero-order valence-electron chi connectivity index (χ0n) is 10.6. The summed E-state index contributed by atoms with van der Waals surface area (Å²) in [5.74, 6) is 1.45. The van der Waals surface area contributed by atoms with Gasteiger partial charge in [0.25, 0.3) is 0 Å². The third-order valence-corrected chi connectivity index (χ3v) is 4.37. The molecule has 0 radical (unpaired) electrons. The summed E-state index contributed by atoms with van der Waals surface area (Å²) in [5.41, 5.74) is 6.13. The molecule has 0 amide bonds. The van der Waals surface area contributed by atoms with Crippen molar-refractivity contribution in [3.05, 3.63) is 22.4 Å². The second kappa shape index (κ2) is 6.20. The lowest BCUT2D eigenvalue weighted by Crippen LogP contribution is -2.27. The van der Waals surface area contributed by atoms with Crippen LogP contribution in [-0.4, -0.2) is 11.9 Å². The fourth-order valence-corrected chi connectivity index (χ4v) is 3.35. The van der Waals surface area contributed by atoms with Crippen molar-refractivity contribution in [2.24, 2.45) is 16.6 Å². The molecule has 0 aliphatic heterocycles. The lowest BCUT2D eigenvalue weighted by atomic mass is 9.88. The second-order valence-corrected chi connectivity index (χ2v) is 6.05. The molecule has 1 aliphatic rings. The van der Waals surface area contributed by atoms with Gasteiger partial charge in [-0.05, 0) is 31.2 Å². The summed E-state index contributed by atoms with van der Waals surface area (Å²) in [5, 5.41) is 2.12. The van der Waals surface area contributed by atoms with Gasteiger partial charge in [0.1, 0.15) is 0 Å². The van der Waals surface area contributed by atoms with E-state index in [1.807, 2.05) is 0 Å². The Morgan fingerprint density at radius 1 is 1.47 bits per heavy atom. The zero-order chi connectivity index (χ0) is 12.1. The summed E-state index contributed by atoms with van der Waals surface area (Å²) in [6.45, 7) is 2.16. The van der Waals surface area contributed by atoms with Crippen molar-refractivity contribution in [2.75, 3.05) is 0 Å². The van der Waals surface area contributed by atoms with E-state index in [4.69, 9.17) is 5.73 Å². The fourth-order valence-electron chi connectivity index (χ4n) is 2.52. The van der Waals surface area contributed by atoms with Gasteiger partial charge in [0, 0.05) is 17.2 Å². The minimum Gasteiger partial charge on any atom is -0.387 e. The lowest BCUT2D eigenvalue weighted by molar-refractivity contribution is 0.435. The SMILES string of the molecule is CC(Cc1cccs1)N=C(N)C1CCCCC1. The van der Waals surface area contributed by atoms with Crippen LogP contribution in [0, 0.1) is 5.92 Å². The van der Waals surface area contributed by atoms with Gasteiger partial charge in [-0.15, -0.1) is 11.3 Å². The third kappa shape index (κ3) is 3.84. The van der Waals surface area contributed by atoms with E-state index in [-0.39, 0.29) is 0 Å². The van der Waals surface area contributed by atoms with Gasteiger partial charge in [-0.1, -0.05) is 25.3 Å². The molecule has 94 valence electrons. The minimum absolute atomic E-state index is 0.315. The van der Waals surface area contributed by atoms with Crippen LogP contribution in [-0.2, 0) is 6.42 Å². The predicted octanol–water partition coefficient (Wildman–Crippen LogP) is 3.62. The Labute approximate surface area is 108 Å². The third-order valence-electron chi connectivity index (χ3n) is 3.47. The number of amidine groups is 1. The first kappa shape index (κ1) is 12.6. The van der Waals surface area contributed by atoms with E-state index >= 15 is 0 Å². The number of aliphatic imine (C=N–C) groups is 1. The molecule has 1 atom stereocenters. The molecule has 0 spiro atoms. The first-order valence-corrected chi connectivity index (χ1v) is 7.49. The smallest absolute Gasteiger partial charge is 0.0971 e. The first-order chi connectivity index (χ1) is 8.25. The van der Waals surface area contributed by atoms with Gasteiger partial charge in [-0.25, -0.2) is 0 Å². The maximum absolute atomic E-state index is 6.13. The number of nitrogens with zero attached hydrogens (tertiary/aromatic N) is 1. The highest BCUT2D eigenvalue weighted by Gasteiger charge is 2.17. The molecule has 1 saturated carbocycles. The molecule has 3 heteroatoms. The van der Waals surface area contributed by atoms with Crippen molar-refractivity contribution in [3.63, 3.8) is 0 Å². The molecule has 1 aromatic heterocycles. The summed E-state index contributed by atoms with van der Waals surface area (Å²) in [6, 6.07) is 4.59. The summed E-state index contributed by atoms with van der Waals surface area (Å²) >= 11 is 1.80. The van der Waals surface area contributed by atoms with Crippen LogP contribution in [0.5, 0.6) is 0 Å². The van der Waals surface area contributed by atoms with Crippen molar-refractivity contribution < 1.29 is 0 Å². The lowest BCUT2D eigenvalue weighted by Gasteiger charge is -2.21. The molecular weight excluding hydrogens is 228 g/mol. The maximum Gasteiger partial charge on any atom is 0.0971 e. The quantitative estimate of drug-likeness (QED) is 0.643. The second-order valence-electron chi connectivity index (χ2n) is 5.02. The summed E-state index contributed by atoms with van der Waals surface area (Å²) in [4.78, 5) is 6.08. The van der Waals surface area contributed by atoms with Crippen molar-refractivity contribution in [2.45, 2.75) is 51.5 Å². The van der Waals surface area contributed by atoms with Gasteiger partial charge >= 0.3 is 0 Å². The number of hydrogen-bond donors (Lipinski definition) is 1. The van der Waals surface area contributed by atoms with Gasteiger partial charge < -0.3 is 5.73 Å². The van der Waals surface area contributed by atoms with Gasteiger partial charge in [-0.2, -0.15) is 0 Å². The largest absolute Gasteiger partial charge is 0.387 e. The van der Waals surface area contributed by atoms with Crippen LogP contribution in [0.4, 0.5) is 0 Å². The highest BCUT2D eigenvalue weighted by atomic mass is 32.1. The van der Waals surface area contributed by atoms with E-state index in [9.17, 15) is 0 Å². The van der Waals surface area contributed by atoms with Gasteiger partial charge in [0.2, 0.25) is 0 Å². The van der Waals surface area contributed by atoms with Crippen LogP contribution in [0.1, 0.15) is 43.9 Å². The number of nitrogens with two attached hydrogens (primary N) is 1. The van der Waals surface area contributed by atoms with Crippen LogP contribution in [0.3, 0.4) is 0 Å². The first-order valence-electron chi connectivity index (χ1n) is 6.61. The van der Waals surface area contributed by atoms with E-state index in [0.29, 0.717) is 12.0 Å². The Balaban J connectivity index is 1.88. The molecule has 0 saturated heterocycles. The molecule has 1 aromatic rings. The average Bonchev–Trinajstić information content (AvgIpc) is 2.82. The molecule has 1 unspecified atom stereocenters. The number of thiophene rings is 1. The Morgan fingerprint density at radius 2 is 2.24 bits per heavy atom. The van der Waals surface area contributed by atoms with E-state index in [2.05, 4.69) is 29.4 Å². The van der Waals surface area contributed by atoms with Crippen LogP contribution in [0.25, 0.3) is 0 Å². The molecule has 0 aromatic carbocycles. The fraction of sp³-hybridized carbons (Fsp3) is 0.643. The van der Waals surface area contributed by atoms with E-state index in [1.54, 1.807) is 11.3 Å². The summed E-state index contributed by atoms with van der Waals surface area (Å²) < 4.78 is 0. The Bertz CT molecular complexity index is 350. The molecular formula is C14H22N2S. The molecule has 2 rings (SSSR count). The van der Waals surface area contributed by atoms with Gasteiger partial charge in [0.15, 0.2) is 0 Å². The Hall–Kier alpha value is -0.830.